The first kappa shape index (κ1) is 18.7. The largest absolute Gasteiger partial charge is 0.454 e. The molecule has 1 unspecified atom stereocenters. The average Bonchev–Trinajstić information content (AvgIpc) is 3.47. The summed E-state index contributed by atoms with van der Waals surface area (Å²) in [6, 6.07) is 13.3. The van der Waals surface area contributed by atoms with Crippen molar-refractivity contribution < 1.29 is 19.1 Å². The van der Waals surface area contributed by atoms with Gasteiger partial charge in [0, 0.05) is 37.8 Å². The van der Waals surface area contributed by atoms with Crippen LogP contribution in [0, 0.1) is 5.92 Å². The number of hydrogen-bond donors (Lipinski definition) is 2. The molecule has 9 heteroatoms. The normalized spacial score (nSPS) is 17.5. The molecule has 3 aromatic rings. The molecule has 5 rings (SSSR count). The first-order chi connectivity index (χ1) is 14.7. The molecule has 2 amide bonds. The van der Waals surface area contributed by atoms with Gasteiger partial charge in [0.2, 0.25) is 18.6 Å². The summed E-state index contributed by atoms with van der Waals surface area (Å²) in [4.78, 5) is 31.1. The Morgan fingerprint density at radius 2 is 2.03 bits per heavy atom. The third-order valence-corrected chi connectivity index (χ3v) is 6.15. The quantitative estimate of drug-likeness (QED) is 0.591. The van der Waals surface area contributed by atoms with E-state index in [9.17, 15) is 9.59 Å². The minimum absolute atomic E-state index is 0.0679. The number of hydrogen-bond acceptors (Lipinski definition) is 7. The van der Waals surface area contributed by atoms with Crippen molar-refractivity contribution in [2.45, 2.75) is 6.42 Å². The number of ether oxygens (including phenoxy) is 2. The summed E-state index contributed by atoms with van der Waals surface area (Å²) in [5.74, 6) is 0.735. The standard InChI is InChI=1S/C21H20N4O4S/c26-19-9-13(11-25(19)14-5-6-16-17(10-14)29-12-28-16)20(27)22-7-8-23-21-24-15-3-1-2-4-18(15)30-21/h1-6,10,13H,7-9,11-12H2,(H,22,27)(H,23,24). The second kappa shape index (κ2) is 7.83. The number of thiazole rings is 1. The molecule has 1 saturated heterocycles. The molecule has 1 fully saturated rings. The highest BCUT2D eigenvalue weighted by Gasteiger charge is 2.35. The zero-order valence-corrected chi connectivity index (χ0v) is 16.9. The van der Waals surface area contributed by atoms with E-state index in [4.69, 9.17) is 9.47 Å². The van der Waals surface area contributed by atoms with Gasteiger partial charge in [0.15, 0.2) is 16.6 Å². The summed E-state index contributed by atoms with van der Waals surface area (Å²) in [7, 11) is 0. The van der Waals surface area contributed by atoms with Gasteiger partial charge in [0.05, 0.1) is 16.1 Å². The molecule has 2 N–H and O–H groups in total. The van der Waals surface area contributed by atoms with Crippen LogP contribution in [0.4, 0.5) is 10.8 Å². The maximum absolute atomic E-state index is 12.5. The number of anilines is 2. The third-order valence-electron chi connectivity index (χ3n) is 5.16. The molecule has 2 aliphatic rings. The average molecular weight is 424 g/mol. The van der Waals surface area contributed by atoms with Crippen molar-refractivity contribution in [2.24, 2.45) is 5.92 Å². The molecular weight excluding hydrogens is 404 g/mol. The zero-order chi connectivity index (χ0) is 20.5. The molecule has 0 aliphatic carbocycles. The number of carbonyl (C=O) groups is 2. The fraction of sp³-hybridized carbons (Fsp3) is 0.286. The van der Waals surface area contributed by atoms with Crippen molar-refractivity contribution in [2.75, 3.05) is 36.6 Å². The van der Waals surface area contributed by atoms with Crippen LogP contribution in [0.25, 0.3) is 10.2 Å². The predicted molar refractivity (Wildman–Crippen MR) is 114 cm³/mol. The van der Waals surface area contributed by atoms with Crippen LogP contribution in [0.2, 0.25) is 0 Å². The number of nitrogens with zero attached hydrogens (tertiary/aromatic N) is 2. The Balaban J connectivity index is 1.13. The molecule has 8 nitrogen and oxygen atoms in total. The Morgan fingerprint density at radius 3 is 2.93 bits per heavy atom. The van der Waals surface area contributed by atoms with E-state index in [1.54, 1.807) is 28.4 Å². The molecule has 2 aromatic carbocycles. The summed E-state index contributed by atoms with van der Waals surface area (Å²) in [5.41, 5.74) is 1.68. The van der Waals surface area contributed by atoms with Crippen LogP contribution in [-0.2, 0) is 9.59 Å². The number of nitrogens with one attached hydrogen (secondary N) is 2. The van der Waals surface area contributed by atoms with Crippen molar-refractivity contribution in [3.05, 3.63) is 42.5 Å². The second-order valence-electron chi connectivity index (χ2n) is 7.15. The molecule has 0 radical (unpaired) electrons. The topological polar surface area (TPSA) is 92.8 Å². The summed E-state index contributed by atoms with van der Waals surface area (Å²) in [6.45, 7) is 1.57. The molecule has 0 spiro atoms. The van der Waals surface area contributed by atoms with Gasteiger partial charge in [-0.3, -0.25) is 9.59 Å². The van der Waals surface area contributed by atoms with Gasteiger partial charge in [0.25, 0.3) is 0 Å². The Bertz CT molecular complexity index is 1080. The van der Waals surface area contributed by atoms with Crippen LogP contribution in [0.3, 0.4) is 0 Å². The lowest BCUT2D eigenvalue weighted by molar-refractivity contribution is -0.126. The van der Waals surface area contributed by atoms with E-state index in [1.165, 1.54) is 0 Å². The van der Waals surface area contributed by atoms with E-state index in [0.29, 0.717) is 31.1 Å². The van der Waals surface area contributed by atoms with Gasteiger partial charge in [-0.2, -0.15) is 0 Å². The molecule has 2 aliphatic heterocycles. The van der Waals surface area contributed by atoms with E-state index in [2.05, 4.69) is 15.6 Å². The smallest absolute Gasteiger partial charge is 0.231 e. The lowest BCUT2D eigenvalue weighted by atomic mass is 10.1. The molecule has 1 aromatic heterocycles. The first-order valence-corrected chi connectivity index (χ1v) is 10.6. The number of para-hydroxylation sites is 1. The fourth-order valence-corrected chi connectivity index (χ4v) is 4.52. The summed E-state index contributed by atoms with van der Waals surface area (Å²) in [6.07, 6.45) is 0.200. The predicted octanol–water partition coefficient (Wildman–Crippen LogP) is 2.61. The molecule has 0 saturated carbocycles. The van der Waals surface area contributed by atoms with Gasteiger partial charge >= 0.3 is 0 Å². The van der Waals surface area contributed by atoms with E-state index < -0.39 is 0 Å². The van der Waals surface area contributed by atoms with Crippen LogP contribution in [0.1, 0.15) is 6.42 Å². The monoisotopic (exact) mass is 424 g/mol. The number of aromatic nitrogens is 1. The van der Waals surface area contributed by atoms with E-state index >= 15 is 0 Å². The van der Waals surface area contributed by atoms with Gasteiger partial charge < -0.3 is 25.0 Å². The summed E-state index contributed by atoms with van der Waals surface area (Å²) < 4.78 is 11.8. The van der Waals surface area contributed by atoms with Gasteiger partial charge in [-0.1, -0.05) is 23.5 Å². The SMILES string of the molecule is O=C(NCCNc1nc2ccccc2s1)C1CC(=O)N(c2ccc3c(c2)OCO3)C1. The number of rotatable bonds is 6. The van der Waals surface area contributed by atoms with Crippen LogP contribution >= 0.6 is 11.3 Å². The number of benzene rings is 2. The number of carbonyl (C=O) groups excluding carboxylic acids is 2. The van der Waals surface area contributed by atoms with Crippen LogP contribution < -0.4 is 25.0 Å². The molecule has 30 heavy (non-hydrogen) atoms. The van der Waals surface area contributed by atoms with Gasteiger partial charge in [0.1, 0.15) is 0 Å². The highest BCUT2D eigenvalue weighted by Crippen LogP contribution is 2.37. The minimum Gasteiger partial charge on any atom is -0.454 e. The zero-order valence-electron chi connectivity index (χ0n) is 16.1. The number of fused-ring (bicyclic) bond motifs is 2. The molecule has 154 valence electrons. The lowest BCUT2D eigenvalue weighted by Gasteiger charge is -2.17. The van der Waals surface area contributed by atoms with E-state index in [0.717, 1.165) is 21.0 Å². The Morgan fingerprint density at radius 1 is 1.17 bits per heavy atom. The van der Waals surface area contributed by atoms with Crippen LogP contribution in [0.15, 0.2) is 42.5 Å². The highest BCUT2D eigenvalue weighted by atomic mass is 32.1. The Hall–Kier alpha value is -3.33. The first-order valence-electron chi connectivity index (χ1n) is 9.74. The molecule has 0 bridgehead atoms. The van der Waals surface area contributed by atoms with Crippen LogP contribution in [-0.4, -0.2) is 43.2 Å². The Labute approximate surface area is 176 Å². The van der Waals surface area contributed by atoms with Crippen molar-refractivity contribution in [1.29, 1.82) is 0 Å². The van der Waals surface area contributed by atoms with Crippen molar-refractivity contribution in [3.8, 4) is 11.5 Å². The Kier molecular flexibility index (Phi) is 4.88. The van der Waals surface area contributed by atoms with Gasteiger partial charge in [-0.05, 0) is 24.3 Å². The number of amides is 2. The van der Waals surface area contributed by atoms with Crippen molar-refractivity contribution in [1.82, 2.24) is 10.3 Å². The van der Waals surface area contributed by atoms with Crippen molar-refractivity contribution in [3.63, 3.8) is 0 Å². The molecule has 3 heterocycles. The van der Waals surface area contributed by atoms with E-state index in [1.807, 2.05) is 30.3 Å². The van der Waals surface area contributed by atoms with Gasteiger partial charge in [-0.15, -0.1) is 0 Å². The minimum atomic E-state index is -0.370. The lowest BCUT2D eigenvalue weighted by Crippen LogP contribution is -2.35. The summed E-state index contributed by atoms with van der Waals surface area (Å²) in [5, 5.41) is 6.98. The maximum Gasteiger partial charge on any atom is 0.231 e. The van der Waals surface area contributed by atoms with Gasteiger partial charge in [-0.25, -0.2) is 4.98 Å². The highest BCUT2D eigenvalue weighted by molar-refractivity contribution is 7.22. The fourth-order valence-electron chi connectivity index (χ4n) is 3.63. The molecule has 1 atom stereocenters. The second-order valence-corrected chi connectivity index (χ2v) is 8.18. The van der Waals surface area contributed by atoms with Crippen LogP contribution in [0.5, 0.6) is 11.5 Å². The third kappa shape index (κ3) is 3.63. The maximum atomic E-state index is 12.5. The van der Waals surface area contributed by atoms with Crippen molar-refractivity contribution >= 4 is 44.2 Å². The summed E-state index contributed by atoms with van der Waals surface area (Å²) >= 11 is 1.58. The van der Waals surface area contributed by atoms with E-state index in [-0.39, 0.29) is 30.9 Å². The molecular formula is C21H20N4O4S.